The van der Waals surface area contributed by atoms with E-state index in [9.17, 15) is 4.79 Å². The van der Waals surface area contributed by atoms with Gasteiger partial charge in [-0.25, -0.2) is 4.68 Å². The minimum absolute atomic E-state index is 0.0837. The summed E-state index contributed by atoms with van der Waals surface area (Å²) in [7, 11) is 1.82. The third-order valence-corrected chi connectivity index (χ3v) is 4.47. The Labute approximate surface area is 166 Å². The van der Waals surface area contributed by atoms with Gasteiger partial charge in [-0.3, -0.25) is 14.8 Å². The molecule has 0 atom stereocenters. The SMILES string of the molecule is CC1=CCC=C(c2cc(C(=O)N(C)CC(C)C)nn2C2=CC=CN=CC2)N=C1. The van der Waals surface area contributed by atoms with Crippen molar-refractivity contribution in [3.8, 4) is 0 Å². The molecule has 1 aromatic rings. The van der Waals surface area contributed by atoms with Crippen LogP contribution in [0.3, 0.4) is 0 Å². The highest BCUT2D eigenvalue weighted by atomic mass is 16.2. The molecule has 0 bridgehead atoms. The lowest BCUT2D eigenvalue weighted by Crippen LogP contribution is -2.30. The summed E-state index contributed by atoms with van der Waals surface area (Å²) in [6, 6.07) is 1.84. The predicted octanol–water partition coefficient (Wildman–Crippen LogP) is 4.20. The highest BCUT2D eigenvalue weighted by molar-refractivity contribution is 5.94. The standard InChI is InChI=1S/C22H27N5O/c1-16(2)15-26(4)22(28)20-13-21(19-9-5-7-17(3)14-24-19)27(25-20)18-8-6-11-23-12-10-18/h6-9,11-14,16H,5,10,15H2,1-4H3. The number of rotatable bonds is 5. The second-order valence-corrected chi connectivity index (χ2v) is 7.47. The molecule has 0 saturated heterocycles. The molecular formula is C22H27N5O. The fourth-order valence-electron chi connectivity index (χ4n) is 3.15. The predicted molar refractivity (Wildman–Crippen MR) is 115 cm³/mol. The lowest BCUT2D eigenvalue weighted by Gasteiger charge is -2.17. The van der Waals surface area contributed by atoms with Crippen molar-refractivity contribution in [2.45, 2.75) is 33.6 Å². The molecular weight excluding hydrogens is 350 g/mol. The summed E-state index contributed by atoms with van der Waals surface area (Å²) >= 11 is 0. The summed E-state index contributed by atoms with van der Waals surface area (Å²) in [5, 5.41) is 4.66. The van der Waals surface area contributed by atoms with E-state index in [0.29, 0.717) is 24.6 Å². The Morgan fingerprint density at radius 1 is 1.32 bits per heavy atom. The van der Waals surface area contributed by atoms with Gasteiger partial charge in [-0.1, -0.05) is 26.0 Å². The smallest absolute Gasteiger partial charge is 0.274 e. The Balaban J connectivity index is 2.03. The summed E-state index contributed by atoms with van der Waals surface area (Å²) in [6.45, 7) is 6.90. The van der Waals surface area contributed by atoms with E-state index in [2.05, 4.69) is 41.1 Å². The molecule has 0 aromatic carbocycles. The number of hydrogen-bond donors (Lipinski definition) is 0. The van der Waals surface area contributed by atoms with Gasteiger partial charge in [0.15, 0.2) is 5.69 Å². The quantitative estimate of drug-likeness (QED) is 0.772. The number of aliphatic imine (C=N–C) groups is 2. The van der Waals surface area contributed by atoms with E-state index in [1.165, 1.54) is 0 Å². The molecule has 0 N–H and O–H groups in total. The molecule has 3 heterocycles. The number of carbonyl (C=O) groups is 1. The van der Waals surface area contributed by atoms with Crippen LogP contribution in [-0.4, -0.2) is 46.6 Å². The first-order valence-corrected chi connectivity index (χ1v) is 9.60. The maximum atomic E-state index is 12.9. The van der Waals surface area contributed by atoms with Crippen LogP contribution in [0.4, 0.5) is 0 Å². The topological polar surface area (TPSA) is 62.9 Å². The molecule has 0 fully saturated rings. The highest BCUT2D eigenvalue weighted by Gasteiger charge is 2.22. The molecule has 0 saturated carbocycles. The molecule has 1 amide bonds. The van der Waals surface area contributed by atoms with E-state index < -0.39 is 0 Å². The fourth-order valence-corrected chi connectivity index (χ4v) is 3.15. The zero-order valence-electron chi connectivity index (χ0n) is 17.0. The van der Waals surface area contributed by atoms with Crippen LogP contribution in [-0.2, 0) is 0 Å². The number of hydrogen-bond acceptors (Lipinski definition) is 4. The maximum Gasteiger partial charge on any atom is 0.274 e. The number of amides is 1. The van der Waals surface area contributed by atoms with E-state index in [-0.39, 0.29) is 5.91 Å². The first-order chi connectivity index (χ1) is 13.5. The molecule has 1 aromatic heterocycles. The molecule has 6 heteroatoms. The molecule has 2 aliphatic rings. The van der Waals surface area contributed by atoms with Crippen molar-refractivity contribution in [3.05, 3.63) is 53.5 Å². The van der Waals surface area contributed by atoms with Gasteiger partial charge in [-0.2, -0.15) is 5.10 Å². The lowest BCUT2D eigenvalue weighted by atomic mass is 10.2. The van der Waals surface area contributed by atoms with Crippen LogP contribution in [0.5, 0.6) is 0 Å². The molecule has 0 radical (unpaired) electrons. The number of aromatic nitrogens is 2. The minimum Gasteiger partial charge on any atom is -0.340 e. The van der Waals surface area contributed by atoms with E-state index in [0.717, 1.165) is 29.1 Å². The van der Waals surface area contributed by atoms with Crippen molar-refractivity contribution in [3.63, 3.8) is 0 Å². The summed E-state index contributed by atoms with van der Waals surface area (Å²) in [6.07, 6.45) is 14.9. The van der Waals surface area contributed by atoms with Crippen molar-refractivity contribution in [2.24, 2.45) is 15.9 Å². The van der Waals surface area contributed by atoms with Crippen LogP contribution in [0.1, 0.15) is 49.8 Å². The maximum absolute atomic E-state index is 12.9. The van der Waals surface area contributed by atoms with Crippen LogP contribution in [0.25, 0.3) is 11.4 Å². The van der Waals surface area contributed by atoms with E-state index in [4.69, 9.17) is 0 Å². The van der Waals surface area contributed by atoms with Crippen molar-refractivity contribution in [1.82, 2.24) is 14.7 Å². The second kappa shape index (κ2) is 8.78. The van der Waals surface area contributed by atoms with Gasteiger partial charge in [-0.15, -0.1) is 0 Å². The minimum atomic E-state index is -0.0837. The number of nitrogens with zero attached hydrogens (tertiary/aromatic N) is 5. The van der Waals surface area contributed by atoms with Gasteiger partial charge in [0, 0.05) is 44.3 Å². The van der Waals surface area contributed by atoms with Crippen LogP contribution < -0.4 is 0 Å². The van der Waals surface area contributed by atoms with Gasteiger partial charge < -0.3 is 4.90 Å². The van der Waals surface area contributed by atoms with E-state index in [1.807, 2.05) is 49.3 Å². The van der Waals surface area contributed by atoms with Crippen LogP contribution in [0, 0.1) is 5.92 Å². The fraction of sp³-hybridized carbons (Fsp3) is 0.364. The van der Waals surface area contributed by atoms with Gasteiger partial charge in [0.05, 0.1) is 11.4 Å². The third kappa shape index (κ3) is 4.63. The molecule has 0 spiro atoms. The van der Waals surface area contributed by atoms with Gasteiger partial charge in [0.2, 0.25) is 0 Å². The summed E-state index contributed by atoms with van der Waals surface area (Å²) in [5.74, 6) is 0.310. The van der Waals surface area contributed by atoms with E-state index in [1.54, 1.807) is 11.1 Å². The number of carbonyl (C=O) groups excluding carboxylic acids is 1. The van der Waals surface area contributed by atoms with Gasteiger partial charge in [0.25, 0.3) is 5.91 Å². The summed E-state index contributed by atoms with van der Waals surface area (Å²) in [4.78, 5) is 23.5. The lowest BCUT2D eigenvalue weighted by molar-refractivity contribution is 0.0773. The van der Waals surface area contributed by atoms with E-state index >= 15 is 0 Å². The Kier molecular flexibility index (Phi) is 6.19. The Hall–Kier alpha value is -3.02. The second-order valence-electron chi connectivity index (χ2n) is 7.47. The summed E-state index contributed by atoms with van der Waals surface area (Å²) < 4.78 is 1.82. The highest BCUT2D eigenvalue weighted by Crippen LogP contribution is 2.25. The van der Waals surface area contributed by atoms with Crippen molar-refractivity contribution < 1.29 is 4.79 Å². The zero-order chi connectivity index (χ0) is 20.1. The van der Waals surface area contributed by atoms with Gasteiger partial charge in [0.1, 0.15) is 0 Å². The molecule has 0 aliphatic carbocycles. The molecule has 3 rings (SSSR count). The van der Waals surface area contributed by atoms with Gasteiger partial charge in [-0.05, 0) is 43.1 Å². The Morgan fingerprint density at radius 2 is 2.14 bits per heavy atom. The number of allylic oxidation sites excluding steroid dienone is 6. The van der Waals surface area contributed by atoms with Crippen LogP contribution in [0.15, 0.2) is 52.1 Å². The van der Waals surface area contributed by atoms with Crippen molar-refractivity contribution in [1.29, 1.82) is 0 Å². The Morgan fingerprint density at radius 3 is 2.93 bits per heavy atom. The molecule has 2 aliphatic heterocycles. The zero-order valence-corrected chi connectivity index (χ0v) is 17.0. The first kappa shape index (κ1) is 19.7. The molecule has 28 heavy (non-hydrogen) atoms. The van der Waals surface area contributed by atoms with Crippen molar-refractivity contribution in [2.75, 3.05) is 13.6 Å². The van der Waals surface area contributed by atoms with Crippen LogP contribution in [0.2, 0.25) is 0 Å². The first-order valence-electron chi connectivity index (χ1n) is 9.60. The molecule has 6 nitrogen and oxygen atoms in total. The van der Waals surface area contributed by atoms with Gasteiger partial charge >= 0.3 is 0 Å². The average molecular weight is 377 g/mol. The Bertz CT molecular complexity index is 925. The monoisotopic (exact) mass is 377 g/mol. The molecule has 146 valence electrons. The van der Waals surface area contributed by atoms with Crippen molar-refractivity contribution >= 4 is 29.7 Å². The third-order valence-electron chi connectivity index (χ3n) is 4.47. The normalized spacial score (nSPS) is 16.4. The summed E-state index contributed by atoms with van der Waals surface area (Å²) in [5.41, 5.74) is 4.12. The average Bonchev–Trinajstić information content (AvgIpc) is 2.81. The van der Waals surface area contributed by atoms with Crippen LogP contribution >= 0.6 is 0 Å². The molecule has 0 unspecified atom stereocenters. The largest absolute Gasteiger partial charge is 0.340 e.